The zero-order chi connectivity index (χ0) is 15.1. The summed E-state index contributed by atoms with van der Waals surface area (Å²) >= 11 is 0. The fourth-order valence-electron chi connectivity index (χ4n) is 2.34. The molecule has 1 aromatic carbocycles. The van der Waals surface area contributed by atoms with Gasteiger partial charge < -0.3 is 5.32 Å². The van der Waals surface area contributed by atoms with E-state index in [-0.39, 0.29) is 11.8 Å². The molecule has 0 aliphatic heterocycles. The molecular weight excluding hydrogens is 262 g/mol. The average Bonchev–Trinajstić information content (AvgIpc) is 2.98. The van der Waals surface area contributed by atoms with Crippen molar-refractivity contribution in [3.63, 3.8) is 0 Å². The summed E-state index contributed by atoms with van der Waals surface area (Å²) in [7, 11) is 0. The Labute approximate surface area is 126 Å². The summed E-state index contributed by atoms with van der Waals surface area (Å²) in [5.74, 6) is 0.299. The summed E-state index contributed by atoms with van der Waals surface area (Å²) < 4.78 is 1.86. The monoisotopic (exact) mass is 285 g/mol. The number of hydrogen-bond acceptors (Lipinski definition) is 2. The van der Waals surface area contributed by atoms with Crippen LogP contribution in [0, 0.1) is 5.92 Å². The lowest BCUT2D eigenvalue weighted by molar-refractivity contribution is -0.125. The second-order valence-electron chi connectivity index (χ2n) is 5.18. The number of para-hydroxylation sites is 1. The van der Waals surface area contributed by atoms with Crippen molar-refractivity contribution in [3.8, 4) is 5.69 Å². The second kappa shape index (κ2) is 7.62. The average molecular weight is 285 g/mol. The van der Waals surface area contributed by atoms with Crippen LogP contribution in [0.5, 0.6) is 0 Å². The summed E-state index contributed by atoms with van der Waals surface area (Å²) in [6, 6.07) is 10.0. The standard InChI is InChI=1S/C17H23N3O/c1-3-15(4-2)17(21)18-11-10-14-12-19-20(13-14)16-8-6-5-7-9-16/h5-9,12-13,15H,3-4,10-11H2,1-2H3,(H,18,21). The first-order valence-corrected chi connectivity index (χ1v) is 7.61. The molecule has 2 rings (SSSR count). The van der Waals surface area contributed by atoms with Crippen LogP contribution in [0.3, 0.4) is 0 Å². The lowest BCUT2D eigenvalue weighted by Gasteiger charge is -2.12. The SMILES string of the molecule is CCC(CC)C(=O)NCCc1cnn(-c2ccccc2)c1. The summed E-state index contributed by atoms with van der Waals surface area (Å²) in [6.45, 7) is 4.77. The van der Waals surface area contributed by atoms with E-state index in [1.165, 1.54) is 0 Å². The van der Waals surface area contributed by atoms with Crippen molar-refractivity contribution in [2.75, 3.05) is 6.54 Å². The molecule has 1 heterocycles. The number of rotatable bonds is 7. The van der Waals surface area contributed by atoms with Crippen LogP contribution in [0.2, 0.25) is 0 Å². The highest BCUT2D eigenvalue weighted by Crippen LogP contribution is 2.09. The summed E-state index contributed by atoms with van der Waals surface area (Å²) in [4.78, 5) is 11.9. The van der Waals surface area contributed by atoms with Gasteiger partial charge in [0.1, 0.15) is 0 Å². The van der Waals surface area contributed by atoms with Crippen molar-refractivity contribution in [2.45, 2.75) is 33.1 Å². The van der Waals surface area contributed by atoms with Gasteiger partial charge in [-0.3, -0.25) is 4.79 Å². The van der Waals surface area contributed by atoms with Gasteiger partial charge in [-0.1, -0.05) is 32.0 Å². The Balaban J connectivity index is 1.85. The van der Waals surface area contributed by atoms with Gasteiger partial charge in [0.05, 0.1) is 11.9 Å². The Morgan fingerprint density at radius 3 is 2.62 bits per heavy atom. The fraction of sp³-hybridized carbons (Fsp3) is 0.412. The number of hydrogen-bond donors (Lipinski definition) is 1. The molecule has 21 heavy (non-hydrogen) atoms. The van der Waals surface area contributed by atoms with Crippen LogP contribution in [-0.4, -0.2) is 22.2 Å². The summed E-state index contributed by atoms with van der Waals surface area (Å²) in [5, 5.41) is 7.36. The molecule has 0 saturated carbocycles. The van der Waals surface area contributed by atoms with Crippen molar-refractivity contribution in [1.82, 2.24) is 15.1 Å². The Morgan fingerprint density at radius 2 is 1.95 bits per heavy atom. The normalized spacial score (nSPS) is 10.8. The number of carbonyl (C=O) groups excluding carboxylic acids is 1. The zero-order valence-corrected chi connectivity index (χ0v) is 12.7. The smallest absolute Gasteiger partial charge is 0.223 e. The van der Waals surface area contributed by atoms with Crippen LogP contribution >= 0.6 is 0 Å². The van der Waals surface area contributed by atoms with Gasteiger partial charge in [0.2, 0.25) is 5.91 Å². The van der Waals surface area contributed by atoms with Crippen LogP contribution in [0.4, 0.5) is 0 Å². The number of nitrogens with zero attached hydrogens (tertiary/aromatic N) is 2. The number of benzene rings is 1. The maximum absolute atomic E-state index is 11.9. The highest BCUT2D eigenvalue weighted by Gasteiger charge is 2.13. The highest BCUT2D eigenvalue weighted by molar-refractivity contribution is 5.78. The molecular formula is C17H23N3O. The van der Waals surface area contributed by atoms with Crippen LogP contribution in [0.1, 0.15) is 32.3 Å². The topological polar surface area (TPSA) is 46.9 Å². The summed E-state index contributed by atoms with van der Waals surface area (Å²) in [5.41, 5.74) is 2.17. The van der Waals surface area contributed by atoms with E-state index in [1.807, 2.05) is 47.4 Å². The first kappa shape index (κ1) is 15.3. The third-order valence-electron chi connectivity index (χ3n) is 3.73. The lowest BCUT2D eigenvalue weighted by Crippen LogP contribution is -2.31. The predicted molar refractivity (Wildman–Crippen MR) is 84.3 cm³/mol. The largest absolute Gasteiger partial charge is 0.356 e. The molecule has 1 amide bonds. The van der Waals surface area contributed by atoms with E-state index in [9.17, 15) is 4.79 Å². The Kier molecular flexibility index (Phi) is 5.55. The molecule has 1 aromatic heterocycles. The molecule has 0 fully saturated rings. The van der Waals surface area contributed by atoms with E-state index in [4.69, 9.17) is 0 Å². The van der Waals surface area contributed by atoms with Gasteiger partial charge in [-0.15, -0.1) is 0 Å². The lowest BCUT2D eigenvalue weighted by atomic mass is 10.0. The van der Waals surface area contributed by atoms with Crippen molar-refractivity contribution in [3.05, 3.63) is 48.3 Å². The van der Waals surface area contributed by atoms with E-state index in [2.05, 4.69) is 24.3 Å². The van der Waals surface area contributed by atoms with Gasteiger partial charge in [0.25, 0.3) is 0 Å². The van der Waals surface area contributed by atoms with Gasteiger partial charge in [-0.25, -0.2) is 4.68 Å². The van der Waals surface area contributed by atoms with Gasteiger partial charge >= 0.3 is 0 Å². The van der Waals surface area contributed by atoms with E-state index >= 15 is 0 Å². The molecule has 112 valence electrons. The van der Waals surface area contributed by atoms with Crippen LogP contribution in [0.25, 0.3) is 5.69 Å². The number of aromatic nitrogens is 2. The first-order chi connectivity index (χ1) is 10.2. The molecule has 0 saturated heterocycles. The minimum Gasteiger partial charge on any atom is -0.356 e. The van der Waals surface area contributed by atoms with Crippen LogP contribution in [0.15, 0.2) is 42.7 Å². The maximum atomic E-state index is 11.9. The Morgan fingerprint density at radius 1 is 1.24 bits per heavy atom. The molecule has 1 N–H and O–H groups in total. The molecule has 2 aromatic rings. The highest BCUT2D eigenvalue weighted by atomic mass is 16.1. The van der Waals surface area contributed by atoms with E-state index in [0.717, 1.165) is 30.5 Å². The van der Waals surface area contributed by atoms with Crippen molar-refractivity contribution in [2.24, 2.45) is 5.92 Å². The second-order valence-corrected chi connectivity index (χ2v) is 5.18. The molecule has 0 unspecified atom stereocenters. The zero-order valence-electron chi connectivity index (χ0n) is 12.7. The minimum absolute atomic E-state index is 0.136. The first-order valence-electron chi connectivity index (χ1n) is 7.61. The van der Waals surface area contributed by atoms with Crippen LogP contribution < -0.4 is 5.32 Å². The van der Waals surface area contributed by atoms with E-state index in [0.29, 0.717) is 6.54 Å². The van der Waals surface area contributed by atoms with Gasteiger partial charge in [0.15, 0.2) is 0 Å². The van der Waals surface area contributed by atoms with Crippen molar-refractivity contribution >= 4 is 5.91 Å². The number of carbonyl (C=O) groups is 1. The molecule has 0 aliphatic rings. The van der Waals surface area contributed by atoms with E-state index in [1.54, 1.807) is 0 Å². The van der Waals surface area contributed by atoms with Gasteiger partial charge in [-0.2, -0.15) is 5.10 Å². The maximum Gasteiger partial charge on any atom is 0.223 e. The predicted octanol–water partition coefficient (Wildman–Crippen LogP) is 2.97. The third-order valence-corrected chi connectivity index (χ3v) is 3.73. The molecule has 0 radical (unpaired) electrons. The molecule has 4 nitrogen and oxygen atoms in total. The summed E-state index contributed by atoms with van der Waals surface area (Å²) in [6.07, 6.45) is 6.47. The molecule has 0 spiro atoms. The van der Waals surface area contributed by atoms with Gasteiger partial charge in [0, 0.05) is 18.7 Å². The number of nitrogens with one attached hydrogen (secondary N) is 1. The molecule has 0 bridgehead atoms. The van der Waals surface area contributed by atoms with Crippen LogP contribution in [-0.2, 0) is 11.2 Å². The molecule has 0 aliphatic carbocycles. The third kappa shape index (κ3) is 4.18. The Hall–Kier alpha value is -2.10. The number of amides is 1. The fourth-order valence-corrected chi connectivity index (χ4v) is 2.34. The van der Waals surface area contributed by atoms with E-state index < -0.39 is 0 Å². The quantitative estimate of drug-likeness (QED) is 0.850. The van der Waals surface area contributed by atoms with Crippen molar-refractivity contribution in [1.29, 1.82) is 0 Å². The van der Waals surface area contributed by atoms with Gasteiger partial charge in [-0.05, 0) is 37.0 Å². The molecule has 4 heteroatoms. The molecule has 0 atom stereocenters. The van der Waals surface area contributed by atoms with Crippen molar-refractivity contribution < 1.29 is 4.79 Å². The Bertz CT molecular complexity index is 558. The minimum atomic E-state index is 0.136.